The van der Waals surface area contributed by atoms with E-state index in [-0.39, 0.29) is 17.4 Å². The van der Waals surface area contributed by atoms with Crippen molar-refractivity contribution in [1.29, 1.82) is 0 Å². The van der Waals surface area contributed by atoms with Crippen LogP contribution in [0.2, 0.25) is 0 Å². The zero-order chi connectivity index (χ0) is 20.9. The SMILES string of the molecule is CCCNS(=O)(=O)c1ccc(OCC(=O)N(C)c2ccc(C)c(C)c2)c(C)c1. The van der Waals surface area contributed by atoms with Gasteiger partial charge < -0.3 is 9.64 Å². The second kappa shape index (κ2) is 9.21. The lowest BCUT2D eigenvalue weighted by atomic mass is 10.1. The molecule has 0 saturated carbocycles. The molecule has 152 valence electrons. The maximum absolute atomic E-state index is 12.5. The van der Waals surface area contributed by atoms with Crippen LogP contribution in [0.5, 0.6) is 5.75 Å². The van der Waals surface area contributed by atoms with Crippen LogP contribution in [0, 0.1) is 20.8 Å². The number of carbonyl (C=O) groups excluding carboxylic acids is 1. The summed E-state index contributed by atoms with van der Waals surface area (Å²) in [6.07, 6.45) is 0.718. The van der Waals surface area contributed by atoms with E-state index in [2.05, 4.69) is 4.72 Å². The standard InChI is InChI=1S/C21H28N2O4S/c1-6-11-22-28(25,26)19-9-10-20(17(4)13-19)27-14-21(24)23(5)18-8-7-15(2)16(3)12-18/h7-10,12-13,22H,6,11,14H2,1-5H3. The number of carbonyl (C=O) groups is 1. The Morgan fingerprint density at radius 3 is 2.36 bits per heavy atom. The van der Waals surface area contributed by atoms with Gasteiger partial charge in [0.05, 0.1) is 4.90 Å². The van der Waals surface area contributed by atoms with Crippen LogP contribution in [0.4, 0.5) is 5.69 Å². The minimum atomic E-state index is -3.53. The molecule has 28 heavy (non-hydrogen) atoms. The first-order valence-corrected chi connectivity index (χ1v) is 10.7. The summed E-state index contributed by atoms with van der Waals surface area (Å²) in [7, 11) is -1.82. The van der Waals surface area contributed by atoms with Gasteiger partial charge in [0.25, 0.3) is 5.91 Å². The number of sulfonamides is 1. The van der Waals surface area contributed by atoms with Crippen LogP contribution in [0.15, 0.2) is 41.3 Å². The van der Waals surface area contributed by atoms with Gasteiger partial charge >= 0.3 is 0 Å². The number of rotatable bonds is 8. The largest absolute Gasteiger partial charge is 0.483 e. The van der Waals surface area contributed by atoms with E-state index in [0.29, 0.717) is 17.9 Å². The number of nitrogens with one attached hydrogen (secondary N) is 1. The second-order valence-electron chi connectivity index (χ2n) is 6.84. The monoisotopic (exact) mass is 404 g/mol. The van der Waals surface area contributed by atoms with Crippen molar-refractivity contribution in [3.63, 3.8) is 0 Å². The minimum absolute atomic E-state index is 0.134. The van der Waals surface area contributed by atoms with Gasteiger partial charge in [-0.25, -0.2) is 13.1 Å². The van der Waals surface area contributed by atoms with Gasteiger partial charge in [-0.15, -0.1) is 0 Å². The summed E-state index contributed by atoms with van der Waals surface area (Å²) in [4.78, 5) is 14.2. The zero-order valence-corrected chi connectivity index (χ0v) is 17.9. The fourth-order valence-electron chi connectivity index (χ4n) is 2.59. The molecule has 0 fully saturated rings. The number of hydrogen-bond donors (Lipinski definition) is 1. The second-order valence-corrected chi connectivity index (χ2v) is 8.60. The number of amides is 1. The van der Waals surface area contributed by atoms with Gasteiger partial charge in [0.15, 0.2) is 6.61 Å². The average Bonchev–Trinajstić information content (AvgIpc) is 2.66. The summed E-state index contributed by atoms with van der Waals surface area (Å²) in [5, 5.41) is 0. The molecule has 0 aliphatic carbocycles. The summed E-state index contributed by atoms with van der Waals surface area (Å²) >= 11 is 0. The Hall–Kier alpha value is -2.38. The van der Waals surface area contributed by atoms with Crippen molar-refractivity contribution in [1.82, 2.24) is 4.72 Å². The highest BCUT2D eigenvalue weighted by Crippen LogP contribution is 2.22. The number of benzene rings is 2. The van der Waals surface area contributed by atoms with Crippen molar-refractivity contribution in [2.24, 2.45) is 0 Å². The molecule has 2 aromatic rings. The normalized spacial score (nSPS) is 11.3. The van der Waals surface area contributed by atoms with Gasteiger partial charge in [0, 0.05) is 19.3 Å². The number of hydrogen-bond acceptors (Lipinski definition) is 4. The molecule has 1 N–H and O–H groups in total. The lowest BCUT2D eigenvalue weighted by Gasteiger charge is -2.19. The summed E-state index contributed by atoms with van der Waals surface area (Å²) in [5.74, 6) is 0.292. The molecule has 0 atom stereocenters. The van der Waals surface area contributed by atoms with Crippen LogP contribution in [0.3, 0.4) is 0 Å². The van der Waals surface area contributed by atoms with Crippen molar-refractivity contribution in [2.45, 2.75) is 39.0 Å². The van der Waals surface area contributed by atoms with Gasteiger partial charge in [-0.1, -0.05) is 13.0 Å². The van der Waals surface area contributed by atoms with Crippen molar-refractivity contribution < 1.29 is 17.9 Å². The predicted molar refractivity (Wildman–Crippen MR) is 111 cm³/mol. The van der Waals surface area contributed by atoms with Crippen LogP contribution < -0.4 is 14.4 Å². The molecule has 0 spiro atoms. The number of ether oxygens (including phenoxy) is 1. The van der Waals surface area contributed by atoms with Crippen LogP contribution >= 0.6 is 0 Å². The summed E-state index contributed by atoms with van der Waals surface area (Å²) < 4.78 is 32.6. The molecule has 0 aromatic heterocycles. The Bertz CT molecular complexity index is 955. The third-order valence-corrected chi connectivity index (χ3v) is 6.06. The molecule has 6 nitrogen and oxygen atoms in total. The smallest absolute Gasteiger partial charge is 0.264 e. The van der Waals surface area contributed by atoms with Crippen molar-refractivity contribution in [2.75, 3.05) is 25.1 Å². The van der Waals surface area contributed by atoms with E-state index < -0.39 is 10.0 Å². The number of aryl methyl sites for hydroxylation is 3. The molecule has 2 aromatic carbocycles. The van der Waals surface area contributed by atoms with Gasteiger partial charge in [-0.3, -0.25) is 4.79 Å². The number of nitrogens with zero attached hydrogens (tertiary/aromatic N) is 1. The topological polar surface area (TPSA) is 75.7 Å². The summed E-state index contributed by atoms with van der Waals surface area (Å²) in [6.45, 7) is 7.93. The number of anilines is 1. The predicted octanol–water partition coefficient (Wildman–Crippen LogP) is 3.34. The Balaban J connectivity index is 2.05. The van der Waals surface area contributed by atoms with Crippen molar-refractivity contribution in [3.05, 3.63) is 53.1 Å². The Morgan fingerprint density at radius 2 is 1.75 bits per heavy atom. The van der Waals surface area contributed by atoms with Crippen LogP contribution in [-0.4, -0.2) is 34.5 Å². The van der Waals surface area contributed by atoms with E-state index in [1.807, 2.05) is 39.0 Å². The first-order valence-electron chi connectivity index (χ1n) is 9.22. The van der Waals surface area contributed by atoms with Crippen LogP contribution in [-0.2, 0) is 14.8 Å². The minimum Gasteiger partial charge on any atom is -0.483 e. The summed E-state index contributed by atoms with van der Waals surface area (Å²) in [5.41, 5.74) is 3.74. The molecule has 2 rings (SSSR count). The molecule has 0 heterocycles. The van der Waals surface area contributed by atoms with E-state index >= 15 is 0 Å². The lowest BCUT2D eigenvalue weighted by Crippen LogP contribution is -2.31. The highest BCUT2D eigenvalue weighted by Gasteiger charge is 2.16. The van der Waals surface area contributed by atoms with E-state index in [9.17, 15) is 13.2 Å². The highest BCUT2D eigenvalue weighted by atomic mass is 32.2. The van der Waals surface area contributed by atoms with Crippen molar-refractivity contribution in [3.8, 4) is 5.75 Å². The fraction of sp³-hybridized carbons (Fsp3) is 0.381. The number of likely N-dealkylation sites (N-methyl/N-ethyl adjacent to an activating group) is 1. The average molecular weight is 405 g/mol. The third kappa shape index (κ3) is 5.33. The third-order valence-electron chi connectivity index (χ3n) is 4.60. The molecule has 0 unspecified atom stereocenters. The van der Waals surface area contributed by atoms with Crippen LogP contribution in [0.1, 0.15) is 30.0 Å². The maximum Gasteiger partial charge on any atom is 0.264 e. The fourth-order valence-corrected chi connectivity index (χ4v) is 3.80. The zero-order valence-electron chi connectivity index (χ0n) is 17.1. The quantitative estimate of drug-likeness (QED) is 0.732. The highest BCUT2D eigenvalue weighted by molar-refractivity contribution is 7.89. The van der Waals surface area contributed by atoms with Crippen LogP contribution in [0.25, 0.3) is 0 Å². The molecule has 0 radical (unpaired) electrons. The van der Waals surface area contributed by atoms with Gasteiger partial charge in [-0.2, -0.15) is 0 Å². The van der Waals surface area contributed by atoms with Gasteiger partial charge in [0.1, 0.15) is 5.75 Å². The Labute approximate surface area is 167 Å². The summed E-state index contributed by atoms with van der Waals surface area (Å²) in [6, 6.07) is 10.4. The molecule has 1 amide bonds. The van der Waals surface area contributed by atoms with E-state index in [1.165, 1.54) is 11.6 Å². The molecule has 0 aliphatic rings. The molecule has 0 aliphatic heterocycles. The van der Waals surface area contributed by atoms with Crippen molar-refractivity contribution >= 4 is 21.6 Å². The van der Waals surface area contributed by atoms with Gasteiger partial charge in [-0.05, 0) is 74.2 Å². The first kappa shape index (κ1) is 21.9. The molecule has 7 heteroatoms. The Morgan fingerprint density at radius 1 is 1.04 bits per heavy atom. The van der Waals surface area contributed by atoms with Gasteiger partial charge in [0.2, 0.25) is 10.0 Å². The Kier molecular flexibility index (Phi) is 7.21. The molecular weight excluding hydrogens is 376 g/mol. The van der Waals surface area contributed by atoms with E-state index in [4.69, 9.17) is 4.74 Å². The maximum atomic E-state index is 12.5. The lowest BCUT2D eigenvalue weighted by molar-refractivity contribution is -0.120. The molecule has 0 saturated heterocycles. The molecule has 0 bridgehead atoms. The first-order chi connectivity index (χ1) is 13.2. The molecular formula is C21H28N2O4S. The van der Waals surface area contributed by atoms with E-state index in [1.54, 1.807) is 31.0 Å². The van der Waals surface area contributed by atoms with E-state index in [0.717, 1.165) is 17.7 Å².